The average molecular weight is 550 g/mol. The summed E-state index contributed by atoms with van der Waals surface area (Å²) >= 11 is 1.30. The van der Waals surface area contributed by atoms with Gasteiger partial charge in [-0.25, -0.2) is 9.37 Å². The van der Waals surface area contributed by atoms with E-state index in [4.69, 9.17) is 9.72 Å². The number of nitrogens with zero attached hydrogens (tertiary/aromatic N) is 5. The highest BCUT2D eigenvalue weighted by Gasteiger charge is 2.32. The summed E-state index contributed by atoms with van der Waals surface area (Å²) in [5.74, 6) is -0.605. The van der Waals surface area contributed by atoms with Crippen LogP contribution in [0.1, 0.15) is 44.2 Å². The summed E-state index contributed by atoms with van der Waals surface area (Å²) in [6, 6.07) is 12.8. The van der Waals surface area contributed by atoms with Gasteiger partial charge in [-0.05, 0) is 51.3 Å². The number of benzene rings is 2. The SMILES string of the molecule is CCOC(=O)C1CCN(C(=O)C(CC)Sc2nnc3c4cc(C)ccc4n(Cc4ccccc4F)c3n2)CC1. The molecule has 1 amide bonds. The lowest BCUT2D eigenvalue weighted by atomic mass is 9.96. The number of aromatic nitrogens is 4. The molecule has 1 atom stereocenters. The minimum Gasteiger partial charge on any atom is -0.466 e. The molecule has 0 saturated carbocycles. The first-order chi connectivity index (χ1) is 18.9. The molecule has 3 heterocycles. The molecule has 2 aromatic carbocycles. The number of hydrogen-bond acceptors (Lipinski definition) is 7. The molecule has 4 aromatic rings. The van der Waals surface area contributed by atoms with Gasteiger partial charge < -0.3 is 14.2 Å². The fourth-order valence-electron chi connectivity index (χ4n) is 5.10. The summed E-state index contributed by atoms with van der Waals surface area (Å²) in [6.45, 7) is 7.48. The van der Waals surface area contributed by atoms with E-state index in [0.29, 0.717) is 67.4 Å². The third-order valence-electron chi connectivity index (χ3n) is 7.21. The van der Waals surface area contributed by atoms with E-state index in [2.05, 4.69) is 10.2 Å². The van der Waals surface area contributed by atoms with Crippen molar-refractivity contribution in [3.63, 3.8) is 0 Å². The number of hydrogen-bond donors (Lipinski definition) is 0. The summed E-state index contributed by atoms with van der Waals surface area (Å²) < 4.78 is 21.7. The molecule has 1 fully saturated rings. The van der Waals surface area contributed by atoms with Gasteiger partial charge in [0, 0.05) is 24.0 Å². The molecule has 10 heteroatoms. The van der Waals surface area contributed by atoms with Crippen LogP contribution < -0.4 is 0 Å². The summed E-state index contributed by atoms with van der Waals surface area (Å²) in [5.41, 5.74) is 3.78. The first-order valence-corrected chi connectivity index (χ1v) is 14.3. The Morgan fingerprint density at radius 1 is 1.13 bits per heavy atom. The van der Waals surface area contributed by atoms with E-state index >= 15 is 0 Å². The number of likely N-dealkylation sites (tertiary alicyclic amines) is 1. The van der Waals surface area contributed by atoms with Gasteiger partial charge in [-0.1, -0.05) is 48.5 Å². The van der Waals surface area contributed by atoms with Crippen LogP contribution in [0.5, 0.6) is 0 Å². The number of amides is 1. The lowest BCUT2D eigenvalue weighted by Crippen LogP contribution is -2.44. The van der Waals surface area contributed by atoms with Crippen molar-refractivity contribution in [2.24, 2.45) is 5.92 Å². The molecule has 0 bridgehead atoms. The number of thioether (sulfide) groups is 1. The van der Waals surface area contributed by atoms with Crippen molar-refractivity contribution < 1.29 is 18.7 Å². The molecule has 0 radical (unpaired) electrons. The van der Waals surface area contributed by atoms with Crippen LogP contribution in [0.3, 0.4) is 0 Å². The smallest absolute Gasteiger partial charge is 0.309 e. The number of carbonyl (C=O) groups is 2. The minimum absolute atomic E-state index is 0.0102. The fraction of sp³-hybridized carbons (Fsp3) is 0.414. The van der Waals surface area contributed by atoms with Crippen molar-refractivity contribution in [2.75, 3.05) is 19.7 Å². The molecular weight excluding hydrogens is 517 g/mol. The van der Waals surface area contributed by atoms with Crippen LogP contribution in [-0.4, -0.2) is 61.5 Å². The minimum atomic E-state index is -0.380. The Hall–Kier alpha value is -3.53. The van der Waals surface area contributed by atoms with E-state index in [-0.39, 0.29) is 28.9 Å². The molecule has 0 spiro atoms. The highest BCUT2D eigenvalue weighted by atomic mass is 32.2. The van der Waals surface area contributed by atoms with Gasteiger partial charge in [0.25, 0.3) is 0 Å². The monoisotopic (exact) mass is 549 g/mol. The maximum absolute atomic E-state index is 14.6. The summed E-state index contributed by atoms with van der Waals surface area (Å²) in [6.07, 6.45) is 1.80. The zero-order valence-corrected chi connectivity index (χ0v) is 23.2. The first-order valence-electron chi connectivity index (χ1n) is 13.4. The Kier molecular flexibility index (Phi) is 8.11. The standard InChI is InChI=1S/C29H32FN5O3S/c1-4-24(27(36)34-14-12-19(13-15-34)28(37)38-5-2)39-29-31-26-25(32-33-29)21-16-18(3)10-11-23(21)35(26)17-20-8-6-7-9-22(20)30/h6-11,16,19,24H,4-5,12-15,17H2,1-3H3. The molecule has 1 aliphatic rings. The number of carbonyl (C=O) groups excluding carboxylic acids is 2. The number of rotatable bonds is 8. The highest BCUT2D eigenvalue weighted by Crippen LogP contribution is 2.31. The third-order valence-corrected chi connectivity index (χ3v) is 8.41. The first kappa shape index (κ1) is 27.1. The number of fused-ring (bicyclic) bond motifs is 3. The molecule has 1 saturated heterocycles. The van der Waals surface area contributed by atoms with Crippen molar-refractivity contribution in [1.82, 2.24) is 24.6 Å². The van der Waals surface area contributed by atoms with Crippen LogP contribution in [0.25, 0.3) is 22.1 Å². The summed E-state index contributed by atoms with van der Waals surface area (Å²) in [4.78, 5) is 32.1. The van der Waals surface area contributed by atoms with Crippen LogP contribution in [0.2, 0.25) is 0 Å². The average Bonchev–Trinajstić information content (AvgIpc) is 3.24. The summed E-state index contributed by atoms with van der Waals surface area (Å²) in [7, 11) is 0. The Morgan fingerprint density at radius 2 is 1.90 bits per heavy atom. The number of aryl methyl sites for hydroxylation is 1. The van der Waals surface area contributed by atoms with Crippen molar-refractivity contribution in [1.29, 1.82) is 0 Å². The van der Waals surface area contributed by atoms with Gasteiger partial charge in [-0.3, -0.25) is 9.59 Å². The topological polar surface area (TPSA) is 90.2 Å². The maximum Gasteiger partial charge on any atom is 0.309 e. The molecular formula is C29H32FN5O3S. The molecule has 5 rings (SSSR count). The number of ether oxygens (including phenoxy) is 1. The Bertz CT molecular complexity index is 1520. The number of esters is 1. The molecule has 204 valence electrons. The second-order valence-electron chi connectivity index (χ2n) is 9.83. The highest BCUT2D eigenvalue weighted by molar-refractivity contribution is 8.00. The van der Waals surface area contributed by atoms with E-state index < -0.39 is 0 Å². The zero-order valence-electron chi connectivity index (χ0n) is 22.4. The number of halogens is 1. The molecule has 2 aromatic heterocycles. The van der Waals surface area contributed by atoms with E-state index in [9.17, 15) is 14.0 Å². The van der Waals surface area contributed by atoms with E-state index in [1.165, 1.54) is 17.8 Å². The Labute approximate surface area is 230 Å². The van der Waals surface area contributed by atoms with Crippen LogP contribution in [-0.2, 0) is 20.9 Å². The quantitative estimate of drug-likeness (QED) is 0.222. The second-order valence-corrected chi connectivity index (χ2v) is 11.0. The van der Waals surface area contributed by atoms with Gasteiger partial charge in [0.05, 0.1) is 29.8 Å². The van der Waals surface area contributed by atoms with E-state index in [1.807, 2.05) is 47.6 Å². The molecule has 0 N–H and O–H groups in total. The normalized spacial score (nSPS) is 15.1. The molecule has 1 aliphatic heterocycles. The molecule has 1 unspecified atom stereocenters. The molecule has 8 nitrogen and oxygen atoms in total. The van der Waals surface area contributed by atoms with Crippen molar-refractivity contribution in [2.45, 2.75) is 57.0 Å². The summed E-state index contributed by atoms with van der Waals surface area (Å²) in [5, 5.41) is 9.82. The van der Waals surface area contributed by atoms with Gasteiger partial charge in [0.1, 0.15) is 11.3 Å². The predicted molar refractivity (Wildman–Crippen MR) is 149 cm³/mol. The Balaban J connectivity index is 1.41. The third kappa shape index (κ3) is 5.61. The zero-order chi connectivity index (χ0) is 27.5. The van der Waals surface area contributed by atoms with E-state index in [1.54, 1.807) is 19.1 Å². The van der Waals surface area contributed by atoms with Gasteiger partial charge in [0.2, 0.25) is 11.1 Å². The largest absolute Gasteiger partial charge is 0.466 e. The van der Waals surface area contributed by atoms with Gasteiger partial charge in [-0.15, -0.1) is 10.2 Å². The van der Waals surface area contributed by atoms with Gasteiger partial charge in [0.15, 0.2) is 5.65 Å². The molecule has 39 heavy (non-hydrogen) atoms. The fourth-order valence-corrected chi connectivity index (χ4v) is 5.99. The Morgan fingerprint density at radius 3 is 2.62 bits per heavy atom. The van der Waals surface area contributed by atoms with Gasteiger partial charge >= 0.3 is 5.97 Å². The molecule has 0 aliphatic carbocycles. The van der Waals surface area contributed by atoms with Crippen molar-refractivity contribution in [3.05, 3.63) is 59.4 Å². The maximum atomic E-state index is 14.6. The van der Waals surface area contributed by atoms with E-state index in [0.717, 1.165) is 16.5 Å². The lowest BCUT2D eigenvalue weighted by molar-refractivity contribution is -0.151. The lowest BCUT2D eigenvalue weighted by Gasteiger charge is -2.32. The van der Waals surface area contributed by atoms with Crippen molar-refractivity contribution in [3.8, 4) is 0 Å². The van der Waals surface area contributed by atoms with Gasteiger partial charge in [-0.2, -0.15) is 0 Å². The van der Waals surface area contributed by atoms with Crippen LogP contribution in [0.4, 0.5) is 4.39 Å². The second kappa shape index (κ2) is 11.7. The van der Waals surface area contributed by atoms with Crippen molar-refractivity contribution >= 4 is 45.7 Å². The predicted octanol–water partition coefficient (Wildman–Crippen LogP) is 5.15. The van der Waals surface area contributed by atoms with Crippen LogP contribution in [0.15, 0.2) is 47.6 Å². The van der Waals surface area contributed by atoms with Crippen LogP contribution in [0, 0.1) is 18.7 Å². The van der Waals surface area contributed by atoms with Crippen LogP contribution >= 0.6 is 11.8 Å². The number of piperidine rings is 1.